The maximum Gasteiger partial charge on any atom is 0.387 e. The highest BCUT2D eigenvalue weighted by Gasteiger charge is 2.40. The van der Waals surface area contributed by atoms with Crippen LogP contribution in [0.4, 0.5) is 8.78 Å². The molecule has 0 spiro atoms. The first kappa shape index (κ1) is 20.4. The second kappa shape index (κ2) is 9.21. The molecule has 1 aromatic rings. The quantitative estimate of drug-likeness (QED) is 0.648. The van der Waals surface area contributed by atoms with E-state index in [0.717, 1.165) is 12.3 Å². The predicted octanol–water partition coefficient (Wildman–Crippen LogP) is 3.28. The van der Waals surface area contributed by atoms with Crippen LogP contribution in [-0.4, -0.2) is 32.2 Å². The number of esters is 1. The van der Waals surface area contributed by atoms with Crippen molar-refractivity contribution in [2.45, 2.75) is 45.3 Å². The van der Waals surface area contributed by atoms with Gasteiger partial charge in [0.05, 0.1) is 7.11 Å². The van der Waals surface area contributed by atoms with Gasteiger partial charge in [-0.2, -0.15) is 8.78 Å². The van der Waals surface area contributed by atoms with Crippen molar-refractivity contribution >= 4 is 11.9 Å². The summed E-state index contributed by atoms with van der Waals surface area (Å²) in [5.74, 6) is 1.11. The summed E-state index contributed by atoms with van der Waals surface area (Å²) < 4.78 is 39.1. The minimum absolute atomic E-state index is 0.0814. The number of amides is 1. The summed E-state index contributed by atoms with van der Waals surface area (Å²) in [4.78, 5) is 23.9. The number of carbonyl (C=O) groups is 2. The lowest BCUT2D eigenvalue weighted by molar-refractivity contribution is -0.149. The summed E-state index contributed by atoms with van der Waals surface area (Å²) in [6.07, 6.45) is 5.19. The minimum atomic E-state index is -2.95. The van der Waals surface area contributed by atoms with Gasteiger partial charge in [0, 0.05) is 13.0 Å². The van der Waals surface area contributed by atoms with Crippen LogP contribution in [0.25, 0.3) is 0 Å². The summed E-state index contributed by atoms with van der Waals surface area (Å²) in [6, 6.07) is 4.39. The largest absolute Gasteiger partial charge is 0.493 e. The highest BCUT2D eigenvalue weighted by Crippen LogP contribution is 2.49. The van der Waals surface area contributed by atoms with E-state index < -0.39 is 12.5 Å². The van der Waals surface area contributed by atoms with Crippen molar-refractivity contribution < 1.29 is 32.6 Å². The Labute approximate surface area is 162 Å². The zero-order valence-corrected chi connectivity index (χ0v) is 15.8. The molecule has 1 amide bonds. The lowest BCUT2D eigenvalue weighted by atomic mass is 9.86. The van der Waals surface area contributed by atoms with E-state index in [4.69, 9.17) is 9.47 Å². The number of carbonyl (C=O) groups excluding carboxylic acids is 2. The van der Waals surface area contributed by atoms with Crippen LogP contribution in [0, 0.1) is 17.8 Å². The average Bonchev–Trinajstić information content (AvgIpc) is 3.28. The van der Waals surface area contributed by atoms with Crippen LogP contribution in [0.2, 0.25) is 0 Å². The van der Waals surface area contributed by atoms with E-state index in [1.54, 1.807) is 6.07 Å². The summed E-state index contributed by atoms with van der Waals surface area (Å²) in [5.41, 5.74) is 0.639. The van der Waals surface area contributed by atoms with Crippen LogP contribution >= 0.6 is 0 Å². The minimum Gasteiger partial charge on any atom is -0.493 e. The Morgan fingerprint density at radius 2 is 2.04 bits per heavy atom. The van der Waals surface area contributed by atoms with Crippen LogP contribution in [0.3, 0.4) is 0 Å². The highest BCUT2D eigenvalue weighted by molar-refractivity contribution is 5.80. The second-order valence-electron chi connectivity index (χ2n) is 7.44. The number of hydrogen-bond donors (Lipinski definition) is 1. The third-order valence-electron chi connectivity index (χ3n) is 5.61. The van der Waals surface area contributed by atoms with Crippen molar-refractivity contribution in [2.24, 2.45) is 17.8 Å². The van der Waals surface area contributed by atoms with Gasteiger partial charge in [-0.15, -0.1) is 0 Å². The van der Waals surface area contributed by atoms with Gasteiger partial charge in [-0.25, -0.2) is 0 Å². The Hall–Kier alpha value is -2.38. The molecule has 0 aromatic heterocycles. The standard InChI is InChI=1S/C20H25F2NO5/c1-26-17-8-13(3-5-16(17)28-20(21)22)10-23-18(24)11-27-19(25)9-15-7-12-2-4-14(15)6-12/h3,5,8,12,14-15,20H,2,4,6-7,9-11H2,1H3,(H,23,24)/t12-,14-,15-/m1/s1. The van der Waals surface area contributed by atoms with E-state index in [1.807, 2.05) is 0 Å². The van der Waals surface area contributed by atoms with Gasteiger partial charge in [0.25, 0.3) is 5.91 Å². The number of alkyl halides is 2. The molecule has 2 aliphatic carbocycles. The average molecular weight is 397 g/mol. The normalized spacial score (nSPS) is 22.9. The van der Waals surface area contributed by atoms with Gasteiger partial charge in [-0.05, 0) is 54.7 Å². The molecular weight excluding hydrogens is 372 g/mol. The molecule has 0 saturated heterocycles. The predicted molar refractivity (Wildman–Crippen MR) is 96.0 cm³/mol. The van der Waals surface area contributed by atoms with E-state index >= 15 is 0 Å². The number of halogens is 2. The number of nitrogens with one attached hydrogen (secondary N) is 1. The number of rotatable bonds is 9. The first-order valence-corrected chi connectivity index (χ1v) is 9.48. The zero-order chi connectivity index (χ0) is 20.1. The molecule has 2 bridgehead atoms. The Morgan fingerprint density at radius 3 is 2.68 bits per heavy atom. The molecule has 154 valence electrons. The van der Waals surface area contributed by atoms with E-state index in [2.05, 4.69) is 10.1 Å². The maximum atomic E-state index is 12.3. The van der Waals surface area contributed by atoms with E-state index in [9.17, 15) is 18.4 Å². The van der Waals surface area contributed by atoms with Gasteiger partial charge < -0.3 is 19.5 Å². The monoisotopic (exact) mass is 397 g/mol. The first-order chi connectivity index (χ1) is 13.4. The van der Waals surface area contributed by atoms with Gasteiger partial charge in [-0.3, -0.25) is 9.59 Å². The van der Waals surface area contributed by atoms with Gasteiger partial charge in [-0.1, -0.05) is 12.5 Å². The van der Waals surface area contributed by atoms with Crippen LogP contribution in [0.15, 0.2) is 18.2 Å². The molecule has 3 atom stereocenters. The number of hydrogen-bond acceptors (Lipinski definition) is 5. The third kappa shape index (κ3) is 5.33. The van der Waals surface area contributed by atoms with Crippen molar-refractivity contribution in [3.8, 4) is 11.5 Å². The number of ether oxygens (including phenoxy) is 3. The molecule has 1 aromatic carbocycles. The lowest BCUT2D eigenvalue weighted by Gasteiger charge is -2.20. The third-order valence-corrected chi connectivity index (χ3v) is 5.61. The van der Waals surface area contributed by atoms with Crippen molar-refractivity contribution in [2.75, 3.05) is 13.7 Å². The van der Waals surface area contributed by atoms with Gasteiger partial charge in [0.2, 0.25) is 0 Å². The molecule has 2 aliphatic rings. The SMILES string of the molecule is COc1cc(CNC(=O)COC(=O)C[C@H]2C[C@@H]3CC[C@@H]2C3)ccc1OC(F)F. The van der Waals surface area contributed by atoms with Crippen LogP contribution in [-0.2, 0) is 20.9 Å². The molecule has 2 fully saturated rings. The van der Waals surface area contributed by atoms with Crippen LogP contribution < -0.4 is 14.8 Å². The van der Waals surface area contributed by atoms with E-state index in [0.29, 0.717) is 23.8 Å². The van der Waals surface area contributed by atoms with Crippen molar-refractivity contribution in [3.05, 3.63) is 23.8 Å². The van der Waals surface area contributed by atoms with Gasteiger partial charge in [0.1, 0.15) is 0 Å². The molecule has 6 nitrogen and oxygen atoms in total. The molecular formula is C20H25F2NO5. The van der Waals surface area contributed by atoms with Gasteiger partial charge >= 0.3 is 12.6 Å². The Morgan fingerprint density at radius 1 is 1.21 bits per heavy atom. The Bertz CT molecular complexity index is 712. The van der Waals surface area contributed by atoms with Crippen LogP contribution in [0.1, 0.15) is 37.7 Å². The summed E-state index contributed by atoms with van der Waals surface area (Å²) in [5, 5.41) is 2.63. The fraction of sp³-hybridized carbons (Fsp3) is 0.600. The van der Waals surface area contributed by atoms with Crippen molar-refractivity contribution in [1.82, 2.24) is 5.32 Å². The molecule has 0 aliphatic heterocycles. The highest BCUT2D eigenvalue weighted by atomic mass is 19.3. The molecule has 0 radical (unpaired) electrons. The summed E-state index contributed by atoms with van der Waals surface area (Å²) >= 11 is 0. The first-order valence-electron chi connectivity index (χ1n) is 9.48. The van der Waals surface area contributed by atoms with Gasteiger partial charge in [0.15, 0.2) is 18.1 Å². The van der Waals surface area contributed by atoms with E-state index in [-0.39, 0.29) is 30.6 Å². The topological polar surface area (TPSA) is 73.9 Å². The molecule has 0 unspecified atom stereocenters. The molecule has 3 rings (SSSR count). The van der Waals surface area contributed by atoms with Crippen molar-refractivity contribution in [1.29, 1.82) is 0 Å². The van der Waals surface area contributed by atoms with Crippen molar-refractivity contribution in [3.63, 3.8) is 0 Å². The molecule has 0 heterocycles. The molecule has 8 heteroatoms. The number of fused-ring (bicyclic) bond motifs is 2. The lowest BCUT2D eigenvalue weighted by Crippen LogP contribution is -2.29. The zero-order valence-electron chi connectivity index (χ0n) is 15.8. The summed E-state index contributed by atoms with van der Waals surface area (Å²) in [6.45, 7) is -3.13. The fourth-order valence-electron chi connectivity index (χ4n) is 4.31. The fourth-order valence-corrected chi connectivity index (χ4v) is 4.31. The molecule has 1 N–H and O–H groups in total. The smallest absolute Gasteiger partial charge is 0.387 e. The molecule has 2 saturated carbocycles. The maximum absolute atomic E-state index is 12.3. The molecule has 28 heavy (non-hydrogen) atoms. The second-order valence-corrected chi connectivity index (χ2v) is 7.44. The number of methoxy groups -OCH3 is 1. The Kier molecular flexibility index (Phi) is 6.70. The van der Waals surface area contributed by atoms with Crippen LogP contribution in [0.5, 0.6) is 11.5 Å². The Balaban J connectivity index is 1.39. The summed E-state index contributed by atoms with van der Waals surface area (Å²) in [7, 11) is 1.34. The van der Waals surface area contributed by atoms with E-state index in [1.165, 1.54) is 38.5 Å². The number of benzene rings is 1.